The van der Waals surface area contributed by atoms with Gasteiger partial charge in [-0.15, -0.1) is 0 Å². The van der Waals surface area contributed by atoms with Crippen LogP contribution in [0.25, 0.3) is 0 Å². The van der Waals surface area contributed by atoms with Gasteiger partial charge in [0.05, 0.1) is 11.8 Å². The molecule has 0 saturated heterocycles. The third kappa shape index (κ3) is 4.94. The van der Waals surface area contributed by atoms with E-state index >= 15 is 0 Å². The summed E-state index contributed by atoms with van der Waals surface area (Å²) in [5.41, 5.74) is 0.866. The Hall–Kier alpha value is -0.770. The molecule has 0 aliphatic carbocycles. The third-order valence-corrected chi connectivity index (χ3v) is 3.07. The minimum absolute atomic E-state index is 0.0744. The van der Waals surface area contributed by atoms with Gasteiger partial charge in [0, 0.05) is 11.4 Å². The van der Waals surface area contributed by atoms with Crippen molar-refractivity contribution in [3.8, 4) is 0 Å². The van der Waals surface area contributed by atoms with Gasteiger partial charge in [0.25, 0.3) is 5.91 Å². The molecule has 1 aromatic rings. The molecule has 0 fully saturated rings. The van der Waals surface area contributed by atoms with Crippen LogP contribution in [0.5, 0.6) is 0 Å². The van der Waals surface area contributed by atoms with Crippen molar-refractivity contribution in [3.63, 3.8) is 0 Å². The van der Waals surface area contributed by atoms with Crippen molar-refractivity contribution in [3.05, 3.63) is 23.7 Å². The van der Waals surface area contributed by atoms with E-state index < -0.39 is 0 Å². The summed E-state index contributed by atoms with van der Waals surface area (Å²) in [6, 6.07) is 1.69. The Labute approximate surface area is 111 Å². The van der Waals surface area contributed by atoms with Crippen molar-refractivity contribution in [2.24, 2.45) is 5.41 Å². The minimum Gasteiger partial charge on any atom is -0.469 e. The van der Waals surface area contributed by atoms with Crippen molar-refractivity contribution >= 4 is 21.8 Å². The fraction of sp³-hybridized carbons (Fsp3) is 0.615. The molecule has 0 bridgehead atoms. The zero-order valence-corrected chi connectivity index (χ0v) is 12.4. The van der Waals surface area contributed by atoms with E-state index in [0.717, 1.165) is 6.42 Å². The van der Waals surface area contributed by atoms with Gasteiger partial charge in [-0.2, -0.15) is 0 Å². The highest BCUT2D eigenvalue weighted by atomic mass is 79.9. The Balaban J connectivity index is 2.42. The van der Waals surface area contributed by atoms with E-state index in [-0.39, 0.29) is 11.3 Å². The van der Waals surface area contributed by atoms with Gasteiger partial charge in [-0.1, -0.05) is 36.7 Å². The van der Waals surface area contributed by atoms with Gasteiger partial charge in [0.2, 0.25) is 0 Å². The van der Waals surface area contributed by atoms with Gasteiger partial charge in [-0.3, -0.25) is 4.79 Å². The third-order valence-electron chi connectivity index (χ3n) is 2.42. The highest BCUT2D eigenvalue weighted by molar-refractivity contribution is 9.09. The van der Waals surface area contributed by atoms with E-state index in [1.54, 1.807) is 13.0 Å². The molecule has 1 rings (SSSR count). The maximum absolute atomic E-state index is 11.8. The first-order chi connectivity index (χ1) is 7.79. The molecule has 1 heterocycles. The van der Waals surface area contributed by atoms with Gasteiger partial charge in [0.15, 0.2) is 0 Å². The number of amides is 1. The van der Waals surface area contributed by atoms with Crippen molar-refractivity contribution in [1.29, 1.82) is 0 Å². The summed E-state index contributed by atoms with van der Waals surface area (Å²) in [6.45, 7) is 8.96. The smallest absolute Gasteiger partial charge is 0.254 e. The van der Waals surface area contributed by atoms with Gasteiger partial charge >= 0.3 is 0 Å². The zero-order chi connectivity index (χ0) is 13.1. The fourth-order valence-corrected chi connectivity index (χ4v) is 2.79. The van der Waals surface area contributed by atoms with Crippen molar-refractivity contribution in [1.82, 2.24) is 5.32 Å². The number of rotatable bonds is 4. The molecule has 96 valence electrons. The summed E-state index contributed by atoms with van der Waals surface area (Å²) in [6.07, 6.45) is 2.54. The number of carbonyl (C=O) groups excluding carboxylic acids is 1. The standard InChI is InChI=1S/C13H20BrNO2/c1-9-11(5-6-17-9)12(16)15-8-10(14)7-13(2,3)4/h5-6,10H,7-8H2,1-4H3,(H,15,16). The molecule has 1 aromatic heterocycles. The minimum atomic E-state index is -0.0744. The van der Waals surface area contributed by atoms with E-state index in [0.29, 0.717) is 22.7 Å². The first-order valence-corrected chi connectivity index (χ1v) is 6.67. The van der Waals surface area contributed by atoms with Crippen LogP contribution in [0.3, 0.4) is 0 Å². The Morgan fingerprint density at radius 3 is 2.65 bits per heavy atom. The quantitative estimate of drug-likeness (QED) is 0.865. The summed E-state index contributed by atoms with van der Waals surface area (Å²) in [5, 5.41) is 2.90. The molecule has 1 N–H and O–H groups in total. The molecule has 1 atom stereocenters. The van der Waals surface area contributed by atoms with Crippen LogP contribution in [0.2, 0.25) is 0 Å². The van der Waals surface area contributed by atoms with Gasteiger partial charge in [-0.25, -0.2) is 0 Å². The van der Waals surface area contributed by atoms with Gasteiger partial charge in [0.1, 0.15) is 5.76 Å². The number of hydrogen-bond donors (Lipinski definition) is 1. The average Bonchev–Trinajstić information content (AvgIpc) is 2.58. The number of halogens is 1. The van der Waals surface area contributed by atoms with E-state index in [9.17, 15) is 4.79 Å². The van der Waals surface area contributed by atoms with Crippen LogP contribution in [-0.2, 0) is 0 Å². The summed E-state index contributed by atoms with van der Waals surface area (Å²) in [7, 11) is 0. The largest absolute Gasteiger partial charge is 0.469 e. The van der Waals surface area contributed by atoms with E-state index in [1.165, 1.54) is 6.26 Å². The number of carbonyl (C=O) groups is 1. The van der Waals surface area contributed by atoms with Crippen molar-refractivity contribution in [2.45, 2.75) is 38.9 Å². The lowest BCUT2D eigenvalue weighted by Crippen LogP contribution is -2.31. The van der Waals surface area contributed by atoms with Crippen LogP contribution in [-0.4, -0.2) is 17.3 Å². The second kappa shape index (κ2) is 5.71. The molecule has 0 aromatic carbocycles. The molecule has 0 radical (unpaired) electrons. The van der Waals surface area contributed by atoms with Crippen LogP contribution in [0.4, 0.5) is 0 Å². The molecule has 3 nitrogen and oxygen atoms in total. The normalized spacial score (nSPS) is 13.5. The lowest BCUT2D eigenvalue weighted by Gasteiger charge is -2.22. The summed E-state index contributed by atoms with van der Waals surface area (Å²) in [4.78, 5) is 12.1. The molecular formula is C13H20BrNO2. The fourth-order valence-electron chi connectivity index (χ4n) is 1.66. The molecule has 0 spiro atoms. The van der Waals surface area contributed by atoms with Gasteiger partial charge in [-0.05, 0) is 24.8 Å². The average molecular weight is 302 g/mol. The molecule has 0 aliphatic rings. The Kier molecular flexibility index (Phi) is 4.80. The summed E-state index contributed by atoms with van der Waals surface area (Å²) in [5.74, 6) is 0.582. The van der Waals surface area contributed by atoms with Crippen LogP contribution in [0.1, 0.15) is 43.3 Å². The molecule has 1 unspecified atom stereocenters. The predicted molar refractivity (Wildman–Crippen MR) is 72.6 cm³/mol. The maximum atomic E-state index is 11.8. The Morgan fingerprint density at radius 2 is 2.18 bits per heavy atom. The van der Waals surface area contributed by atoms with Crippen LogP contribution in [0.15, 0.2) is 16.7 Å². The number of alkyl halides is 1. The predicted octanol–water partition coefficient (Wildman–Crippen LogP) is 3.52. The number of aryl methyl sites for hydroxylation is 1. The number of furan rings is 1. The molecular weight excluding hydrogens is 282 g/mol. The highest BCUT2D eigenvalue weighted by Gasteiger charge is 2.18. The first-order valence-electron chi connectivity index (χ1n) is 5.76. The molecule has 17 heavy (non-hydrogen) atoms. The van der Waals surface area contributed by atoms with Crippen LogP contribution in [0, 0.1) is 12.3 Å². The van der Waals surface area contributed by atoms with Crippen LogP contribution < -0.4 is 5.32 Å². The van der Waals surface area contributed by atoms with E-state index in [2.05, 4.69) is 42.0 Å². The number of hydrogen-bond acceptors (Lipinski definition) is 2. The lowest BCUT2D eigenvalue weighted by atomic mass is 9.90. The number of nitrogens with one attached hydrogen (secondary N) is 1. The van der Waals surface area contributed by atoms with E-state index in [4.69, 9.17) is 4.42 Å². The highest BCUT2D eigenvalue weighted by Crippen LogP contribution is 2.24. The second-order valence-electron chi connectivity index (χ2n) is 5.46. The summed E-state index contributed by atoms with van der Waals surface area (Å²) < 4.78 is 5.10. The molecule has 0 aliphatic heterocycles. The topological polar surface area (TPSA) is 42.2 Å². The first kappa shape index (κ1) is 14.3. The van der Waals surface area contributed by atoms with Gasteiger partial charge < -0.3 is 9.73 Å². The maximum Gasteiger partial charge on any atom is 0.254 e. The Bertz CT molecular complexity index is 379. The monoisotopic (exact) mass is 301 g/mol. The lowest BCUT2D eigenvalue weighted by molar-refractivity contribution is 0.0951. The second-order valence-corrected chi connectivity index (χ2v) is 6.76. The van der Waals surface area contributed by atoms with Crippen molar-refractivity contribution < 1.29 is 9.21 Å². The molecule has 4 heteroatoms. The van der Waals surface area contributed by atoms with Crippen molar-refractivity contribution in [2.75, 3.05) is 6.54 Å². The molecule has 0 saturated carbocycles. The summed E-state index contributed by atoms with van der Waals surface area (Å²) >= 11 is 3.59. The molecule has 1 amide bonds. The zero-order valence-electron chi connectivity index (χ0n) is 10.8. The SMILES string of the molecule is Cc1occc1C(=O)NCC(Br)CC(C)(C)C. The van der Waals surface area contributed by atoms with Crippen LogP contribution >= 0.6 is 15.9 Å². The van der Waals surface area contributed by atoms with E-state index in [1.807, 2.05) is 0 Å². The Morgan fingerprint density at radius 1 is 1.53 bits per heavy atom.